The highest BCUT2D eigenvalue weighted by Crippen LogP contribution is 1.96. The number of carbonyl (C=O) groups is 1. The van der Waals surface area contributed by atoms with Crippen LogP contribution in [0.2, 0.25) is 0 Å². The van der Waals surface area contributed by atoms with Crippen molar-refractivity contribution in [3.63, 3.8) is 0 Å². The van der Waals surface area contributed by atoms with Crippen molar-refractivity contribution in [2.24, 2.45) is 5.73 Å². The summed E-state index contributed by atoms with van der Waals surface area (Å²) in [5.74, 6) is -0.0796. The second-order valence-electron chi connectivity index (χ2n) is 3.60. The third kappa shape index (κ3) is 4.58. The minimum absolute atomic E-state index is 0.0796. The van der Waals surface area contributed by atoms with Gasteiger partial charge in [0.25, 0.3) is 0 Å². The van der Waals surface area contributed by atoms with Gasteiger partial charge in [0.05, 0.1) is 6.04 Å². The molecule has 0 aliphatic carbocycles. The molecule has 0 aromatic heterocycles. The molecule has 0 heterocycles. The first-order valence-electron chi connectivity index (χ1n) is 5.30. The first-order valence-corrected chi connectivity index (χ1v) is 5.30. The zero-order chi connectivity index (χ0) is 11.1. The van der Waals surface area contributed by atoms with Gasteiger partial charge in [-0.2, -0.15) is 0 Å². The number of nitrogens with two attached hydrogens (primary N) is 1. The molecule has 0 radical (unpaired) electrons. The Labute approximate surface area is 86.8 Å². The highest BCUT2D eigenvalue weighted by atomic mass is 16.2. The number of rotatable bonds is 6. The van der Waals surface area contributed by atoms with E-state index in [2.05, 4.69) is 31.0 Å². The van der Waals surface area contributed by atoms with Gasteiger partial charge in [-0.05, 0) is 26.9 Å². The predicted molar refractivity (Wildman–Crippen MR) is 59.0 cm³/mol. The Morgan fingerprint density at radius 1 is 1.36 bits per heavy atom. The maximum absolute atomic E-state index is 11.2. The number of nitrogens with one attached hydrogen (secondary N) is 1. The molecule has 84 valence electrons. The smallest absolute Gasteiger partial charge is 0.236 e. The molecule has 0 fully saturated rings. The Hall–Kier alpha value is -0.610. The van der Waals surface area contributed by atoms with Crippen LogP contribution in [0.15, 0.2) is 0 Å². The number of hydrogen-bond acceptors (Lipinski definition) is 3. The van der Waals surface area contributed by atoms with Crippen molar-refractivity contribution in [2.45, 2.75) is 39.8 Å². The molecule has 0 bridgehead atoms. The van der Waals surface area contributed by atoms with Crippen LogP contribution in [-0.4, -0.2) is 42.5 Å². The Morgan fingerprint density at radius 2 is 1.86 bits per heavy atom. The monoisotopic (exact) mass is 201 g/mol. The molecule has 14 heavy (non-hydrogen) atoms. The molecule has 0 saturated heterocycles. The first kappa shape index (κ1) is 13.4. The van der Waals surface area contributed by atoms with E-state index in [0.717, 1.165) is 13.1 Å². The van der Waals surface area contributed by atoms with E-state index in [9.17, 15) is 4.79 Å². The van der Waals surface area contributed by atoms with Crippen LogP contribution in [-0.2, 0) is 4.79 Å². The van der Waals surface area contributed by atoms with E-state index in [-0.39, 0.29) is 5.91 Å². The molecular formula is C10H23N3O. The van der Waals surface area contributed by atoms with Crippen LogP contribution in [0.1, 0.15) is 27.7 Å². The van der Waals surface area contributed by atoms with Crippen molar-refractivity contribution in [3.8, 4) is 0 Å². The molecule has 4 heteroatoms. The number of hydrogen-bond donors (Lipinski definition) is 2. The van der Waals surface area contributed by atoms with E-state index in [0.29, 0.717) is 12.6 Å². The quantitative estimate of drug-likeness (QED) is 0.644. The van der Waals surface area contributed by atoms with Gasteiger partial charge in [0, 0.05) is 12.6 Å². The number of carbonyl (C=O) groups excluding carboxylic acids is 1. The van der Waals surface area contributed by atoms with Gasteiger partial charge in [0.2, 0.25) is 5.91 Å². The fraction of sp³-hybridized carbons (Fsp3) is 0.900. The van der Waals surface area contributed by atoms with Crippen LogP contribution in [0.3, 0.4) is 0 Å². The molecular weight excluding hydrogens is 178 g/mol. The van der Waals surface area contributed by atoms with Gasteiger partial charge in [0.1, 0.15) is 0 Å². The van der Waals surface area contributed by atoms with Gasteiger partial charge in [-0.25, -0.2) is 0 Å². The summed E-state index contributed by atoms with van der Waals surface area (Å²) in [5, 5.41) is 2.83. The molecule has 0 aliphatic rings. The normalized spacial score (nSPS) is 15.3. The average Bonchev–Trinajstić information content (AvgIpc) is 2.15. The van der Waals surface area contributed by atoms with Crippen molar-refractivity contribution in [2.75, 3.05) is 19.6 Å². The Bertz CT molecular complexity index is 167. The fourth-order valence-corrected chi connectivity index (χ4v) is 1.39. The molecule has 3 N–H and O–H groups in total. The van der Waals surface area contributed by atoms with Gasteiger partial charge in [0.15, 0.2) is 0 Å². The van der Waals surface area contributed by atoms with E-state index in [4.69, 9.17) is 5.73 Å². The number of nitrogens with zero attached hydrogens (tertiary/aromatic N) is 1. The summed E-state index contributed by atoms with van der Waals surface area (Å²) >= 11 is 0. The van der Waals surface area contributed by atoms with Gasteiger partial charge in [-0.1, -0.05) is 13.8 Å². The molecule has 1 amide bonds. The minimum atomic E-state index is -0.418. The third-order valence-corrected chi connectivity index (χ3v) is 2.42. The highest BCUT2D eigenvalue weighted by Gasteiger charge is 2.12. The minimum Gasteiger partial charge on any atom is -0.353 e. The van der Waals surface area contributed by atoms with Crippen LogP contribution < -0.4 is 11.1 Å². The summed E-state index contributed by atoms with van der Waals surface area (Å²) in [6, 6.07) is -0.0494. The lowest BCUT2D eigenvalue weighted by Crippen LogP contribution is -2.46. The second kappa shape index (κ2) is 6.79. The van der Waals surface area contributed by atoms with Gasteiger partial charge >= 0.3 is 0 Å². The summed E-state index contributed by atoms with van der Waals surface area (Å²) in [4.78, 5) is 13.5. The summed E-state index contributed by atoms with van der Waals surface area (Å²) in [6.45, 7) is 10.7. The Balaban J connectivity index is 3.83. The summed E-state index contributed by atoms with van der Waals surface area (Å²) in [7, 11) is 0. The van der Waals surface area contributed by atoms with Gasteiger partial charge < -0.3 is 11.1 Å². The fourth-order valence-electron chi connectivity index (χ4n) is 1.39. The van der Waals surface area contributed by atoms with E-state index < -0.39 is 6.04 Å². The molecule has 0 spiro atoms. The van der Waals surface area contributed by atoms with Crippen molar-refractivity contribution in [1.29, 1.82) is 0 Å². The van der Waals surface area contributed by atoms with Gasteiger partial charge in [-0.3, -0.25) is 9.69 Å². The zero-order valence-electron chi connectivity index (χ0n) is 9.71. The molecule has 0 aromatic rings. The van der Waals surface area contributed by atoms with Crippen LogP contribution in [0.25, 0.3) is 0 Å². The molecule has 0 saturated carbocycles. The first-order chi connectivity index (χ1) is 6.52. The molecule has 0 aliphatic heterocycles. The van der Waals surface area contributed by atoms with Crippen LogP contribution in [0.5, 0.6) is 0 Å². The summed E-state index contributed by atoms with van der Waals surface area (Å²) < 4.78 is 0. The zero-order valence-corrected chi connectivity index (χ0v) is 9.71. The maximum Gasteiger partial charge on any atom is 0.236 e. The van der Waals surface area contributed by atoms with Crippen molar-refractivity contribution in [1.82, 2.24) is 10.2 Å². The lowest BCUT2D eigenvalue weighted by molar-refractivity contribution is -0.122. The van der Waals surface area contributed by atoms with Crippen LogP contribution in [0.4, 0.5) is 0 Å². The van der Waals surface area contributed by atoms with E-state index in [1.807, 2.05) is 0 Å². The largest absolute Gasteiger partial charge is 0.353 e. The van der Waals surface area contributed by atoms with Crippen LogP contribution >= 0.6 is 0 Å². The maximum atomic E-state index is 11.2. The summed E-state index contributed by atoms with van der Waals surface area (Å²) in [6.07, 6.45) is 0. The lowest BCUT2D eigenvalue weighted by atomic mass is 10.2. The third-order valence-electron chi connectivity index (χ3n) is 2.42. The topological polar surface area (TPSA) is 58.4 Å². The number of amides is 1. The Morgan fingerprint density at radius 3 is 2.21 bits per heavy atom. The van der Waals surface area contributed by atoms with E-state index in [1.165, 1.54) is 0 Å². The molecule has 2 unspecified atom stereocenters. The van der Waals surface area contributed by atoms with Crippen molar-refractivity contribution >= 4 is 5.91 Å². The number of likely N-dealkylation sites (N-methyl/N-ethyl adjacent to an activating group) is 1. The summed E-state index contributed by atoms with van der Waals surface area (Å²) in [5.41, 5.74) is 5.44. The highest BCUT2D eigenvalue weighted by molar-refractivity contribution is 5.80. The Kier molecular flexibility index (Phi) is 6.49. The van der Waals surface area contributed by atoms with Gasteiger partial charge in [-0.15, -0.1) is 0 Å². The van der Waals surface area contributed by atoms with E-state index in [1.54, 1.807) is 6.92 Å². The second-order valence-corrected chi connectivity index (χ2v) is 3.60. The lowest BCUT2D eigenvalue weighted by Gasteiger charge is -2.26. The van der Waals surface area contributed by atoms with Crippen LogP contribution in [0, 0.1) is 0 Å². The molecule has 4 nitrogen and oxygen atoms in total. The SMILES string of the molecule is CCN(CC)C(C)CNC(=O)C(C)N. The van der Waals surface area contributed by atoms with E-state index >= 15 is 0 Å². The molecule has 2 atom stereocenters. The molecule has 0 rings (SSSR count). The molecule has 0 aromatic carbocycles. The van der Waals surface area contributed by atoms with Crippen molar-refractivity contribution in [3.05, 3.63) is 0 Å². The van der Waals surface area contributed by atoms with Crippen molar-refractivity contribution < 1.29 is 4.79 Å². The standard InChI is InChI=1S/C10H23N3O/c1-5-13(6-2)8(3)7-12-10(14)9(4)11/h8-9H,5-7,11H2,1-4H3,(H,12,14). The predicted octanol–water partition coefficient (Wildman–Crippen LogP) is 0.180. The average molecular weight is 201 g/mol.